The minimum absolute atomic E-state index is 0.326. The Balaban J connectivity index is 1.83. The van der Waals surface area contributed by atoms with E-state index in [4.69, 9.17) is 11.6 Å². The minimum atomic E-state index is -3.21. The van der Waals surface area contributed by atoms with Gasteiger partial charge in [0, 0.05) is 34.4 Å². The average molecular weight is 396 g/mol. The number of benzene rings is 3. The molecule has 27 heavy (non-hydrogen) atoms. The number of nitrogens with zero attached hydrogens (tertiary/aromatic N) is 1. The fourth-order valence-electron chi connectivity index (χ4n) is 3.27. The fraction of sp³-hybridized carbons (Fsp3) is 0.0909. The van der Waals surface area contributed by atoms with Gasteiger partial charge in [-0.25, -0.2) is 8.42 Å². The molecule has 0 atom stereocenters. The number of hydrogen-bond acceptors (Lipinski definition) is 2. The maximum atomic E-state index is 11.7. The van der Waals surface area contributed by atoms with E-state index in [1.54, 1.807) is 12.1 Å². The third-order valence-electron chi connectivity index (χ3n) is 4.64. The van der Waals surface area contributed by atoms with Crippen LogP contribution in [0.25, 0.3) is 22.2 Å². The summed E-state index contributed by atoms with van der Waals surface area (Å²) in [6, 6.07) is 25.2. The van der Waals surface area contributed by atoms with Gasteiger partial charge in [0.25, 0.3) is 0 Å². The summed E-state index contributed by atoms with van der Waals surface area (Å²) in [5.41, 5.74) is 4.31. The highest BCUT2D eigenvalue weighted by Gasteiger charge is 2.13. The first kappa shape index (κ1) is 17.8. The number of aromatic nitrogens is 1. The van der Waals surface area contributed by atoms with E-state index in [0.29, 0.717) is 16.5 Å². The maximum absolute atomic E-state index is 11.7. The van der Waals surface area contributed by atoms with E-state index in [1.807, 2.05) is 48.5 Å². The second kappa shape index (κ2) is 6.87. The van der Waals surface area contributed by atoms with Gasteiger partial charge >= 0.3 is 0 Å². The lowest BCUT2D eigenvalue weighted by atomic mass is 10.1. The molecule has 0 amide bonds. The van der Waals surface area contributed by atoms with E-state index >= 15 is 0 Å². The number of rotatable bonds is 4. The molecule has 0 aliphatic heterocycles. The molecule has 4 aromatic rings. The number of para-hydroxylation sites is 1. The first-order chi connectivity index (χ1) is 12.9. The van der Waals surface area contributed by atoms with Gasteiger partial charge in [0.15, 0.2) is 9.84 Å². The average Bonchev–Trinajstić information content (AvgIpc) is 3.02. The molecular formula is C22H18ClNO2S. The molecule has 0 aliphatic rings. The largest absolute Gasteiger partial charge is 0.336 e. The Labute approximate surface area is 163 Å². The van der Waals surface area contributed by atoms with Gasteiger partial charge in [0.05, 0.1) is 4.90 Å². The summed E-state index contributed by atoms with van der Waals surface area (Å²) < 4.78 is 25.7. The topological polar surface area (TPSA) is 39.1 Å². The predicted molar refractivity (Wildman–Crippen MR) is 111 cm³/mol. The third-order valence-corrected chi connectivity index (χ3v) is 6.02. The Hall–Kier alpha value is -2.56. The van der Waals surface area contributed by atoms with Gasteiger partial charge < -0.3 is 4.57 Å². The van der Waals surface area contributed by atoms with E-state index in [9.17, 15) is 8.42 Å². The lowest BCUT2D eigenvalue weighted by Crippen LogP contribution is -2.02. The summed E-state index contributed by atoms with van der Waals surface area (Å²) in [7, 11) is -3.21. The summed E-state index contributed by atoms with van der Waals surface area (Å²) in [6.45, 7) is 0.702. The molecule has 0 fully saturated rings. The molecule has 136 valence electrons. The van der Waals surface area contributed by atoms with Crippen LogP contribution >= 0.6 is 11.6 Å². The molecular weight excluding hydrogens is 378 g/mol. The van der Waals surface area contributed by atoms with Crippen LogP contribution in [0, 0.1) is 0 Å². The third kappa shape index (κ3) is 3.64. The van der Waals surface area contributed by atoms with Crippen LogP contribution in [0.4, 0.5) is 0 Å². The van der Waals surface area contributed by atoms with E-state index < -0.39 is 9.84 Å². The molecule has 1 heterocycles. The summed E-state index contributed by atoms with van der Waals surface area (Å²) >= 11 is 6.01. The van der Waals surface area contributed by atoms with Gasteiger partial charge in [0.1, 0.15) is 0 Å². The van der Waals surface area contributed by atoms with E-state index in [-0.39, 0.29) is 0 Å². The van der Waals surface area contributed by atoms with Crippen molar-refractivity contribution in [3.63, 3.8) is 0 Å². The van der Waals surface area contributed by atoms with E-state index in [0.717, 1.165) is 27.7 Å². The summed E-state index contributed by atoms with van der Waals surface area (Å²) in [6.07, 6.45) is 1.22. The van der Waals surface area contributed by atoms with Crippen LogP contribution in [-0.4, -0.2) is 19.2 Å². The molecule has 0 N–H and O–H groups in total. The van der Waals surface area contributed by atoms with Gasteiger partial charge in [-0.15, -0.1) is 0 Å². The molecule has 0 saturated carbocycles. The summed E-state index contributed by atoms with van der Waals surface area (Å²) in [5, 5.41) is 1.86. The molecule has 0 radical (unpaired) electrons. The zero-order valence-electron chi connectivity index (χ0n) is 14.8. The highest BCUT2D eigenvalue weighted by Crippen LogP contribution is 2.30. The minimum Gasteiger partial charge on any atom is -0.336 e. The number of halogens is 1. The molecule has 0 unspecified atom stereocenters. The lowest BCUT2D eigenvalue weighted by Gasteiger charge is -2.12. The molecule has 0 saturated heterocycles. The van der Waals surface area contributed by atoms with Crippen LogP contribution in [0.3, 0.4) is 0 Å². The van der Waals surface area contributed by atoms with Crippen molar-refractivity contribution in [2.24, 2.45) is 0 Å². The van der Waals surface area contributed by atoms with Crippen LogP contribution < -0.4 is 0 Å². The predicted octanol–water partition coefficient (Wildman–Crippen LogP) is 5.41. The van der Waals surface area contributed by atoms with Gasteiger partial charge in [-0.3, -0.25) is 0 Å². The van der Waals surface area contributed by atoms with Crippen LogP contribution in [-0.2, 0) is 16.4 Å². The second-order valence-corrected chi connectivity index (χ2v) is 9.05. The normalized spacial score (nSPS) is 11.8. The first-order valence-electron chi connectivity index (χ1n) is 8.55. The number of hydrogen-bond donors (Lipinski definition) is 0. The Kier molecular flexibility index (Phi) is 4.54. The van der Waals surface area contributed by atoms with Crippen LogP contribution in [0.1, 0.15) is 5.56 Å². The number of sulfone groups is 1. The monoisotopic (exact) mass is 395 g/mol. The van der Waals surface area contributed by atoms with Gasteiger partial charge in [-0.2, -0.15) is 0 Å². The van der Waals surface area contributed by atoms with Crippen molar-refractivity contribution < 1.29 is 8.42 Å². The second-order valence-electron chi connectivity index (χ2n) is 6.60. The molecule has 0 spiro atoms. The molecule has 3 nitrogen and oxygen atoms in total. The Bertz CT molecular complexity index is 1210. The van der Waals surface area contributed by atoms with Crippen molar-refractivity contribution in [1.29, 1.82) is 0 Å². The smallest absolute Gasteiger partial charge is 0.175 e. The molecule has 5 heteroatoms. The van der Waals surface area contributed by atoms with Crippen molar-refractivity contribution in [1.82, 2.24) is 4.57 Å². The summed E-state index contributed by atoms with van der Waals surface area (Å²) in [4.78, 5) is 0.326. The van der Waals surface area contributed by atoms with Crippen molar-refractivity contribution in [3.05, 3.63) is 89.4 Å². The highest BCUT2D eigenvalue weighted by atomic mass is 35.5. The van der Waals surface area contributed by atoms with Gasteiger partial charge in [0.2, 0.25) is 0 Å². The number of fused-ring (bicyclic) bond motifs is 1. The molecule has 1 aromatic heterocycles. The summed E-state index contributed by atoms with van der Waals surface area (Å²) in [5.74, 6) is 0. The zero-order valence-corrected chi connectivity index (χ0v) is 16.3. The van der Waals surface area contributed by atoms with Crippen molar-refractivity contribution in [2.45, 2.75) is 11.4 Å². The highest BCUT2D eigenvalue weighted by molar-refractivity contribution is 7.90. The lowest BCUT2D eigenvalue weighted by molar-refractivity contribution is 0.602. The fourth-order valence-corrected chi connectivity index (χ4v) is 4.02. The molecule has 3 aromatic carbocycles. The van der Waals surface area contributed by atoms with Crippen molar-refractivity contribution >= 4 is 32.3 Å². The molecule has 4 rings (SSSR count). The zero-order chi connectivity index (χ0) is 19.0. The Morgan fingerprint density at radius 2 is 1.56 bits per heavy atom. The Morgan fingerprint density at radius 1 is 0.889 bits per heavy atom. The van der Waals surface area contributed by atoms with Gasteiger partial charge in [-0.05, 0) is 47.5 Å². The molecule has 0 aliphatic carbocycles. The van der Waals surface area contributed by atoms with E-state index in [2.05, 4.69) is 22.8 Å². The van der Waals surface area contributed by atoms with Crippen molar-refractivity contribution in [3.8, 4) is 11.3 Å². The van der Waals surface area contributed by atoms with E-state index in [1.165, 1.54) is 6.26 Å². The van der Waals surface area contributed by atoms with Crippen molar-refractivity contribution in [2.75, 3.05) is 6.26 Å². The first-order valence-corrected chi connectivity index (χ1v) is 10.8. The standard InChI is InChI=1S/C22H18ClNO2S/c1-27(25,26)20-12-8-17(9-13-20)22-14-18-4-2-3-5-21(18)24(22)15-16-6-10-19(23)11-7-16/h2-14H,15H2,1H3. The SMILES string of the molecule is CS(=O)(=O)c1ccc(-c2cc3ccccc3n2Cc2ccc(Cl)cc2)cc1. The van der Waals surface area contributed by atoms with Crippen LogP contribution in [0.15, 0.2) is 83.8 Å². The van der Waals surface area contributed by atoms with Crippen LogP contribution in [0.5, 0.6) is 0 Å². The Morgan fingerprint density at radius 3 is 2.22 bits per heavy atom. The quantitative estimate of drug-likeness (QED) is 0.463. The van der Waals surface area contributed by atoms with Crippen LogP contribution in [0.2, 0.25) is 5.02 Å². The van der Waals surface area contributed by atoms with Gasteiger partial charge in [-0.1, -0.05) is 54.1 Å². The molecule has 0 bridgehead atoms. The maximum Gasteiger partial charge on any atom is 0.175 e.